The molecule has 2 aliphatic rings. The summed E-state index contributed by atoms with van der Waals surface area (Å²) in [4.78, 5) is 0. The summed E-state index contributed by atoms with van der Waals surface area (Å²) in [5.41, 5.74) is 0.537. The molecule has 2 unspecified atom stereocenters. The lowest BCUT2D eigenvalue weighted by Crippen LogP contribution is -2.46. The van der Waals surface area contributed by atoms with Gasteiger partial charge in [-0.3, -0.25) is 0 Å². The number of ether oxygens (including phenoxy) is 1. The van der Waals surface area contributed by atoms with Crippen molar-refractivity contribution in [1.29, 1.82) is 0 Å². The van der Waals surface area contributed by atoms with E-state index in [0.29, 0.717) is 5.41 Å². The standard InChI is InChI=1S/C12H23NO/c1-10(2)7-11-8-13-5-3-12(11)4-6-14-9-12/h10-11,13H,3-9H2,1-2H3. The lowest BCUT2D eigenvalue weighted by Gasteiger charge is -2.41. The molecule has 82 valence electrons. The van der Waals surface area contributed by atoms with Crippen molar-refractivity contribution < 1.29 is 4.74 Å². The Morgan fingerprint density at radius 1 is 1.43 bits per heavy atom. The molecule has 0 aromatic heterocycles. The van der Waals surface area contributed by atoms with E-state index in [0.717, 1.165) is 25.0 Å². The minimum Gasteiger partial charge on any atom is -0.381 e. The Labute approximate surface area is 87.4 Å². The summed E-state index contributed by atoms with van der Waals surface area (Å²) in [5, 5.41) is 3.54. The van der Waals surface area contributed by atoms with Gasteiger partial charge in [0, 0.05) is 12.0 Å². The van der Waals surface area contributed by atoms with Crippen molar-refractivity contribution in [3.63, 3.8) is 0 Å². The third kappa shape index (κ3) is 1.96. The highest BCUT2D eigenvalue weighted by molar-refractivity contribution is 4.94. The molecule has 0 radical (unpaired) electrons. The molecule has 2 saturated heterocycles. The van der Waals surface area contributed by atoms with Gasteiger partial charge in [0.15, 0.2) is 0 Å². The normalized spacial score (nSPS) is 38.4. The minimum atomic E-state index is 0.537. The molecule has 2 nitrogen and oxygen atoms in total. The van der Waals surface area contributed by atoms with Crippen LogP contribution in [0.2, 0.25) is 0 Å². The first-order chi connectivity index (χ1) is 6.73. The first kappa shape index (κ1) is 10.4. The van der Waals surface area contributed by atoms with Gasteiger partial charge in [-0.05, 0) is 44.2 Å². The summed E-state index contributed by atoms with van der Waals surface area (Å²) in [6.45, 7) is 9.08. The SMILES string of the molecule is CC(C)CC1CNCCC12CCOC2. The minimum absolute atomic E-state index is 0.537. The van der Waals surface area contributed by atoms with Crippen LogP contribution in [0, 0.1) is 17.3 Å². The van der Waals surface area contributed by atoms with Gasteiger partial charge < -0.3 is 10.1 Å². The molecule has 0 aromatic carbocycles. The molecule has 0 bridgehead atoms. The lowest BCUT2D eigenvalue weighted by atomic mass is 9.67. The van der Waals surface area contributed by atoms with E-state index in [-0.39, 0.29) is 0 Å². The summed E-state index contributed by atoms with van der Waals surface area (Å²) in [6.07, 6.45) is 3.98. The average molecular weight is 197 g/mol. The number of piperidine rings is 1. The zero-order valence-electron chi connectivity index (χ0n) is 9.51. The van der Waals surface area contributed by atoms with Crippen LogP contribution in [0.5, 0.6) is 0 Å². The van der Waals surface area contributed by atoms with Gasteiger partial charge in [0.2, 0.25) is 0 Å². The van der Waals surface area contributed by atoms with Gasteiger partial charge in [-0.1, -0.05) is 13.8 Å². The summed E-state index contributed by atoms with van der Waals surface area (Å²) >= 11 is 0. The van der Waals surface area contributed by atoms with Crippen LogP contribution < -0.4 is 5.32 Å². The quantitative estimate of drug-likeness (QED) is 0.731. The lowest BCUT2D eigenvalue weighted by molar-refractivity contribution is 0.0651. The number of rotatable bonds is 2. The van der Waals surface area contributed by atoms with Crippen LogP contribution in [0.1, 0.15) is 33.1 Å². The predicted molar refractivity (Wildman–Crippen MR) is 58.3 cm³/mol. The van der Waals surface area contributed by atoms with E-state index in [1.165, 1.54) is 32.4 Å². The summed E-state index contributed by atoms with van der Waals surface area (Å²) in [6, 6.07) is 0. The van der Waals surface area contributed by atoms with Crippen LogP contribution in [-0.4, -0.2) is 26.3 Å². The average Bonchev–Trinajstić information content (AvgIpc) is 2.58. The van der Waals surface area contributed by atoms with Gasteiger partial charge >= 0.3 is 0 Å². The smallest absolute Gasteiger partial charge is 0.0526 e. The van der Waals surface area contributed by atoms with E-state index in [2.05, 4.69) is 19.2 Å². The molecule has 0 aliphatic carbocycles. The molecule has 1 N–H and O–H groups in total. The molecule has 2 atom stereocenters. The van der Waals surface area contributed by atoms with Crippen molar-refractivity contribution >= 4 is 0 Å². The van der Waals surface area contributed by atoms with Crippen molar-refractivity contribution in [3.8, 4) is 0 Å². The van der Waals surface area contributed by atoms with Crippen molar-refractivity contribution in [2.45, 2.75) is 33.1 Å². The van der Waals surface area contributed by atoms with Crippen LogP contribution in [0.25, 0.3) is 0 Å². The molecule has 2 rings (SSSR count). The maximum atomic E-state index is 5.62. The highest BCUT2D eigenvalue weighted by Crippen LogP contribution is 2.43. The fraction of sp³-hybridized carbons (Fsp3) is 1.00. The number of nitrogens with one attached hydrogen (secondary N) is 1. The van der Waals surface area contributed by atoms with E-state index in [1.54, 1.807) is 0 Å². The summed E-state index contributed by atoms with van der Waals surface area (Å²) in [5.74, 6) is 1.66. The first-order valence-corrected chi connectivity index (χ1v) is 6.01. The topological polar surface area (TPSA) is 21.3 Å². The summed E-state index contributed by atoms with van der Waals surface area (Å²) < 4.78 is 5.62. The fourth-order valence-electron chi connectivity index (χ4n) is 3.08. The predicted octanol–water partition coefficient (Wildman–Crippen LogP) is 2.05. The zero-order valence-corrected chi connectivity index (χ0v) is 9.51. The Hall–Kier alpha value is -0.0800. The van der Waals surface area contributed by atoms with Crippen molar-refractivity contribution in [1.82, 2.24) is 5.32 Å². The van der Waals surface area contributed by atoms with E-state index in [4.69, 9.17) is 4.74 Å². The molecule has 14 heavy (non-hydrogen) atoms. The molecule has 2 heteroatoms. The van der Waals surface area contributed by atoms with Crippen LogP contribution >= 0.6 is 0 Å². The van der Waals surface area contributed by atoms with Gasteiger partial charge in [-0.15, -0.1) is 0 Å². The van der Waals surface area contributed by atoms with Crippen LogP contribution in [0.4, 0.5) is 0 Å². The van der Waals surface area contributed by atoms with Gasteiger partial charge in [-0.2, -0.15) is 0 Å². The Morgan fingerprint density at radius 2 is 2.29 bits per heavy atom. The van der Waals surface area contributed by atoms with Crippen LogP contribution in [-0.2, 0) is 4.74 Å². The largest absolute Gasteiger partial charge is 0.381 e. The van der Waals surface area contributed by atoms with Gasteiger partial charge in [0.25, 0.3) is 0 Å². The van der Waals surface area contributed by atoms with Gasteiger partial charge in [0.1, 0.15) is 0 Å². The fourth-order valence-corrected chi connectivity index (χ4v) is 3.08. The van der Waals surface area contributed by atoms with E-state index >= 15 is 0 Å². The van der Waals surface area contributed by atoms with Crippen LogP contribution in [0.15, 0.2) is 0 Å². The van der Waals surface area contributed by atoms with Gasteiger partial charge in [0.05, 0.1) is 6.61 Å². The third-order valence-corrected chi connectivity index (χ3v) is 3.95. The van der Waals surface area contributed by atoms with E-state index < -0.39 is 0 Å². The van der Waals surface area contributed by atoms with Crippen LogP contribution in [0.3, 0.4) is 0 Å². The Bertz CT molecular complexity index is 185. The molecule has 0 aromatic rings. The number of hydrogen-bond acceptors (Lipinski definition) is 2. The molecule has 2 aliphatic heterocycles. The molecular weight excluding hydrogens is 174 g/mol. The monoisotopic (exact) mass is 197 g/mol. The molecule has 0 saturated carbocycles. The van der Waals surface area contributed by atoms with Crippen molar-refractivity contribution in [2.24, 2.45) is 17.3 Å². The van der Waals surface area contributed by atoms with Crippen molar-refractivity contribution in [3.05, 3.63) is 0 Å². The highest BCUT2D eigenvalue weighted by atomic mass is 16.5. The Morgan fingerprint density at radius 3 is 2.93 bits per heavy atom. The third-order valence-electron chi connectivity index (χ3n) is 3.95. The molecule has 0 amide bonds. The second kappa shape index (κ2) is 4.19. The van der Waals surface area contributed by atoms with Crippen molar-refractivity contribution in [2.75, 3.05) is 26.3 Å². The summed E-state index contributed by atoms with van der Waals surface area (Å²) in [7, 11) is 0. The van der Waals surface area contributed by atoms with E-state index in [9.17, 15) is 0 Å². The molecule has 1 spiro atoms. The second-order valence-corrected chi connectivity index (χ2v) is 5.45. The maximum absolute atomic E-state index is 5.62. The maximum Gasteiger partial charge on any atom is 0.0526 e. The molecular formula is C12H23NO. The van der Waals surface area contributed by atoms with E-state index in [1.807, 2.05) is 0 Å². The Balaban J connectivity index is 2.02. The Kier molecular flexibility index (Phi) is 3.13. The van der Waals surface area contributed by atoms with Gasteiger partial charge in [-0.25, -0.2) is 0 Å². The highest BCUT2D eigenvalue weighted by Gasteiger charge is 2.43. The molecule has 2 fully saturated rings. The molecule has 2 heterocycles. The first-order valence-electron chi connectivity index (χ1n) is 6.01. The number of hydrogen-bond donors (Lipinski definition) is 1. The zero-order chi connectivity index (χ0) is 10.0. The second-order valence-electron chi connectivity index (χ2n) is 5.45.